The summed E-state index contributed by atoms with van der Waals surface area (Å²) >= 11 is 0. The zero-order chi connectivity index (χ0) is 16.7. The van der Waals surface area contributed by atoms with Crippen molar-refractivity contribution < 1.29 is 13.2 Å². The monoisotopic (exact) mass is 338 g/mol. The summed E-state index contributed by atoms with van der Waals surface area (Å²) in [4.78, 5) is 3.27. The van der Waals surface area contributed by atoms with Gasteiger partial charge < -0.3 is 9.72 Å². The summed E-state index contributed by atoms with van der Waals surface area (Å²) < 4.78 is 30.1. The lowest BCUT2D eigenvalue weighted by molar-refractivity contribution is 0.305. The summed E-state index contributed by atoms with van der Waals surface area (Å²) in [6.07, 6.45) is 8.13. The van der Waals surface area contributed by atoms with E-state index in [4.69, 9.17) is 4.74 Å². The van der Waals surface area contributed by atoms with Crippen LogP contribution in [0.4, 0.5) is 0 Å². The van der Waals surface area contributed by atoms with Crippen LogP contribution < -0.4 is 9.46 Å². The maximum atomic E-state index is 10.9. The Morgan fingerprint density at radius 2 is 1.96 bits per heavy atom. The third-order valence-corrected chi connectivity index (χ3v) is 4.55. The van der Waals surface area contributed by atoms with E-state index in [0.29, 0.717) is 13.2 Å². The number of aromatic nitrogens is 1. The van der Waals surface area contributed by atoms with Crippen LogP contribution in [0.1, 0.15) is 38.2 Å². The smallest absolute Gasteiger partial charge is 0.208 e. The highest BCUT2D eigenvalue weighted by Gasteiger charge is 2.04. The topological polar surface area (TPSA) is 71.2 Å². The Labute approximate surface area is 138 Å². The minimum atomic E-state index is -3.05. The molecule has 23 heavy (non-hydrogen) atoms. The number of hydrogen-bond acceptors (Lipinski definition) is 3. The first-order chi connectivity index (χ1) is 11.0. The molecule has 0 fully saturated rings. The number of aromatic amines is 1. The number of ether oxygens (including phenoxy) is 1. The average molecular weight is 338 g/mol. The highest BCUT2D eigenvalue weighted by atomic mass is 32.2. The molecule has 128 valence electrons. The molecule has 0 amide bonds. The van der Waals surface area contributed by atoms with Crippen LogP contribution >= 0.6 is 0 Å². The molecule has 2 rings (SSSR count). The van der Waals surface area contributed by atoms with E-state index in [2.05, 4.69) is 35.0 Å². The van der Waals surface area contributed by atoms with Crippen molar-refractivity contribution in [3.8, 4) is 5.75 Å². The standard InChI is InChI=1S/C17H26N2O3S/c1-3-14-13-18-17-9-8-15(12-16(14)17)22-11-7-5-4-6-10-19-23(2,20)21/h8-9,12-13,18-19H,3-7,10-11H2,1-2H3. The SMILES string of the molecule is CCc1c[nH]c2ccc(OCCCCCCNS(C)(=O)=O)cc12. The number of nitrogens with one attached hydrogen (secondary N) is 2. The Kier molecular flexibility index (Phi) is 6.47. The Hall–Kier alpha value is -1.53. The molecule has 0 aliphatic rings. The van der Waals surface area contributed by atoms with Crippen LogP contribution in [0.3, 0.4) is 0 Å². The van der Waals surface area contributed by atoms with Crippen LogP contribution in [-0.2, 0) is 16.4 Å². The highest BCUT2D eigenvalue weighted by molar-refractivity contribution is 7.88. The van der Waals surface area contributed by atoms with Crippen molar-refractivity contribution in [1.82, 2.24) is 9.71 Å². The number of rotatable bonds is 10. The van der Waals surface area contributed by atoms with Gasteiger partial charge in [0.25, 0.3) is 0 Å². The second kappa shape index (κ2) is 8.36. The summed E-state index contributed by atoms with van der Waals surface area (Å²) in [5.41, 5.74) is 2.46. The molecule has 0 aliphatic heterocycles. The fraction of sp³-hybridized carbons (Fsp3) is 0.529. The van der Waals surface area contributed by atoms with E-state index in [1.807, 2.05) is 6.07 Å². The van der Waals surface area contributed by atoms with Gasteiger partial charge in [0.05, 0.1) is 12.9 Å². The van der Waals surface area contributed by atoms with Crippen molar-refractivity contribution >= 4 is 20.9 Å². The Balaban J connectivity index is 1.66. The fourth-order valence-corrected chi connectivity index (χ4v) is 3.08. The minimum absolute atomic E-state index is 0.518. The number of sulfonamides is 1. The molecule has 1 heterocycles. The molecule has 0 radical (unpaired) electrons. The molecule has 0 bridgehead atoms. The first-order valence-electron chi connectivity index (χ1n) is 8.17. The summed E-state index contributed by atoms with van der Waals surface area (Å²) in [7, 11) is -3.05. The molecule has 2 N–H and O–H groups in total. The second-order valence-electron chi connectivity index (χ2n) is 5.80. The molecule has 0 spiro atoms. The zero-order valence-corrected chi connectivity index (χ0v) is 14.7. The molecule has 0 atom stereocenters. The third kappa shape index (κ3) is 5.88. The summed E-state index contributed by atoms with van der Waals surface area (Å²) in [5.74, 6) is 0.908. The van der Waals surface area contributed by atoms with E-state index < -0.39 is 10.0 Å². The van der Waals surface area contributed by atoms with Gasteiger partial charge in [0.1, 0.15) is 5.75 Å². The molecule has 6 heteroatoms. The summed E-state index contributed by atoms with van der Waals surface area (Å²) in [6.45, 7) is 3.36. The van der Waals surface area contributed by atoms with E-state index in [-0.39, 0.29) is 0 Å². The molecular formula is C17H26N2O3S. The van der Waals surface area contributed by atoms with Crippen LogP contribution in [-0.4, -0.2) is 32.8 Å². The first-order valence-corrected chi connectivity index (χ1v) is 10.1. The minimum Gasteiger partial charge on any atom is -0.494 e. The van der Waals surface area contributed by atoms with Crippen LogP contribution in [0.25, 0.3) is 10.9 Å². The quantitative estimate of drug-likeness (QED) is 0.653. The van der Waals surface area contributed by atoms with Crippen molar-refractivity contribution in [2.24, 2.45) is 0 Å². The maximum Gasteiger partial charge on any atom is 0.208 e. The Bertz CT molecular complexity index is 723. The van der Waals surface area contributed by atoms with Crippen LogP contribution in [0.15, 0.2) is 24.4 Å². The fourth-order valence-electron chi connectivity index (χ4n) is 2.57. The second-order valence-corrected chi connectivity index (χ2v) is 7.64. The van der Waals surface area contributed by atoms with Gasteiger partial charge in [-0.2, -0.15) is 0 Å². The molecule has 1 aromatic carbocycles. The number of aryl methyl sites for hydroxylation is 1. The number of unbranched alkanes of at least 4 members (excludes halogenated alkanes) is 3. The maximum absolute atomic E-state index is 10.9. The van der Waals surface area contributed by atoms with Crippen molar-refractivity contribution in [3.63, 3.8) is 0 Å². The van der Waals surface area contributed by atoms with Crippen LogP contribution in [0.2, 0.25) is 0 Å². The molecule has 0 saturated carbocycles. The van der Waals surface area contributed by atoms with Gasteiger partial charge in [-0.1, -0.05) is 19.8 Å². The molecule has 5 nitrogen and oxygen atoms in total. The number of benzene rings is 1. The van der Waals surface area contributed by atoms with Gasteiger partial charge >= 0.3 is 0 Å². The van der Waals surface area contributed by atoms with E-state index in [1.165, 1.54) is 17.2 Å². The Morgan fingerprint density at radius 3 is 2.70 bits per heavy atom. The van der Waals surface area contributed by atoms with Gasteiger partial charge in [0, 0.05) is 23.6 Å². The number of H-pyrrole nitrogens is 1. The Morgan fingerprint density at radius 1 is 1.17 bits per heavy atom. The largest absolute Gasteiger partial charge is 0.494 e. The molecule has 1 aromatic heterocycles. The van der Waals surface area contributed by atoms with Crippen LogP contribution in [0.5, 0.6) is 5.75 Å². The molecule has 0 unspecified atom stereocenters. The van der Waals surface area contributed by atoms with Gasteiger partial charge in [-0.25, -0.2) is 13.1 Å². The predicted octanol–water partition coefficient (Wildman–Crippen LogP) is 3.22. The third-order valence-electron chi connectivity index (χ3n) is 3.82. The lowest BCUT2D eigenvalue weighted by Crippen LogP contribution is -2.22. The van der Waals surface area contributed by atoms with Gasteiger partial charge in [-0.15, -0.1) is 0 Å². The van der Waals surface area contributed by atoms with Crippen molar-refractivity contribution in [1.29, 1.82) is 0 Å². The summed E-state index contributed by atoms with van der Waals surface area (Å²) in [5, 5.41) is 1.23. The van der Waals surface area contributed by atoms with Crippen molar-refractivity contribution in [2.45, 2.75) is 39.0 Å². The first kappa shape index (κ1) is 17.8. The molecule has 0 saturated heterocycles. The normalized spacial score (nSPS) is 11.9. The number of fused-ring (bicyclic) bond motifs is 1. The summed E-state index contributed by atoms with van der Waals surface area (Å²) in [6, 6.07) is 6.15. The molecule has 2 aromatic rings. The van der Waals surface area contributed by atoms with E-state index in [1.54, 1.807) is 0 Å². The van der Waals surface area contributed by atoms with E-state index in [9.17, 15) is 8.42 Å². The van der Waals surface area contributed by atoms with Crippen molar-refractivity contribution in [2.75, 3.05) is 19.4 Å². The highest BCUT2D eigenvalue weighted by Crippen LogP contribution is 2.24. The van der Waals surface area contributed by atoms with Crippen molar-refractivity contribution in [3.05, 3.63) is 30.0 Å². The van der Waals surface area contributed by atoms with Gasteiger partial charge in [-0.3, -0.25) is 0 Å². The zero-order valence-electron chi connectivity index (χ0n) is 13.9. The average Bonchev–Trinajstić information content (AvgIpc) is 2.91. The lowest BCUT2D eigenvalue weighted by Gasteiger charge is -2.07. The van der Waals surface area contributed by atoms with E-state index >= 15 is 0 Å². The van der Waals surface area contributed by atoms with E-state index in [0.717, 1.165) is 43.4 Å². The van der Waals surface area contributed by atoms with Crippen LogP contribution in [0, 0.1) is 0 Å². The molecule has 0 aliphatic carbocycles. The van der Waals surface area contributed by atoms with Gasteiger partial charge in [0.2, 0.25) is 10.0 Å². The molecular weight excluding hydrogens is 312 g/mol. The lowest BCUT2D eigenvalue weighted by atomic mass is 10.1. The predicted molar refractivity (Wildman–Crippen MR) is 94.5 cm³/mol. The van der Waals surface area contributed by atoms with Gasteiger partial charge in [0.15, 0.2) is 0 Å². The number of hydrogen-bond donors (Lipinski definition) is 2. The van der Waals surface area contributed by atoms with Gasteiger partial charge in [-0.05, 0) is 43.0 Å².